The number of nitrogens with zero attached hydrogens (tertiary/aromatic N) is 3. The fourth-order valence-electron chi connectivity index (χ4n) is 5.49. The van der Waals surface area contributed by atoms with Crippen molar-refractivity contribution in [3.63, 3.8) is 0 Å². The summed E-state index contributed by atoms with van der Waals surface area (Å²) in [6.45, 7) is 6.44. The molecule has 0 amide bonds. The van der Waals surface area contributed by atoms with E-state index in [-0.39, 0.29) is 21.1 Å². The first-order valence-corrected chi connectivity index (χ1v) is 13.0. The Hall–Kier alpha value is -4.27. The smallest absolute Gasteiger partial charge is 0.268 e. The number of ether oxygens (including phenoxy) is 1. The van der Waals surface area contributed by atoms with Gasteiger partial charge in [-0.25, -0.2) is 0 Å². The zero-order valence-electron chi connectivity index (χ0n) is 22.3. The van der Waals surface area contributed by atoms with Crippen molar-refractivity contribution in [1.29, 1.82) is 0 Å². The van der Waals surface area contributed by atoms with Crippen molar-refractivity contribution in [2.24, 2.45) is 0 Å². The molecule has 5 aromatic carbocycles. The maximum absolute atomic E-state index is 6.28. The molecule has 0 saturated carbocycles. The van der Waals surface area contributed by atoms with Gasteiger partial charge in [0, 0.05) is 38.8 Å². The van der Waals surface area contributed by atoms with E-state index in [2.05, 4.69) is 103 Å². The quantitative estimate of drug-likeness (QED) is 0.107. The van der Waals surface area contributed by atoms with Gasteiger partial charge < -0.3 is 14.3 Å². The van der Waals surface area contributed by atoms with Crippen LogP contribution >= 0.6 is 0 Å². The van der Waals surface area contributed by atoms with Crippen LogP contribution in [0.3, 0.4) is 0 Å². The molecule has 0 aliphatic heterocycles. The van der Waals surface area contributed by atoms with Gasteiger partial charge in [0.25, 0.3) is 6.33 Å². The first-order valence-electron chi connectivity index (χ1n) is 13.0. The summed E-state index contributed by atoms with van der Waals surface area (Å²) in [6.07, 6.45) is 5.40. The molecule has 7 rings (SSSR count). The molecule has 40 heavy (non-hydrogen) atoms. The van der Waals surface area contributed by atoms with Crippen molar-refractivity contribution in [3.8, 4) is 22.9 Å². The molecule has 0 atom stereocenters. The van der Waals surface area contributed by atoms with Gasteiger partial charge >= 0.3 is 0 Å². The minimum Gasteiger partial charge on any atom is -0.503 e. The van der Waals surface area contributed by atoms with Gasteiger partial charge in [-0.1, -0.05) is 66.2 Å². The molecule has 0 aliphatic rings. The summed E-state index contributed by atoms with van der Waals surface area (Å²) in [5, 5.41) is 3.09. The molecule has 2 heterocycles. The molecule has 4 nitrogen and oxygen atoms in total. The van der Waals surface area contributed by atoms with Crippen LogP contribution in [0.15, 0.2) is 97.2 Å². The molecule has 0 aliphatic carbocycles. The van der Waals surface area contributed by atoms with Crippen LogP contribution in [0.1, 0.15) is 16.7 Å². The molecule has 7 aromatic rings. The monoisotopic (exact) mass is 698 g/mol. The van der Waals surface area contributed by atoms with E-state index in [9.17, 15) is 0 Å². The van der Waals surface area contributed by atoms with Gasteiger partial charge in [0.15, 0.2) is 0 Å². The fraction of sp³-hybridized carbons (Fsp3) is 0.0857. The normalized spacial score (nSPS) is 11.2. The van der Waals surface area contributed by atoms with Crippen LogP contribution in [0.25, 0.3) is 44.1 Å². The Balaban J connectivity index is 0.00000289. The molecule has 0 bridgehead atoms. The van der Waals surface area contributed by atoms with Crippen LogP contribution in [0.5, 0.6) is 11.5 Å². The van der Waals surface area contributed by atoms with E-state index in [1.807, 2.05) is 47.2 Å². The average Bonchev–Trinajstić information content (AvgIpc) is 3.32. The number of fused-ring (bicyclic) bond motifs is 4. The number of hydrogen-bond acceptors (Lipinski definition) is 2. The SMILES string of the molecule is Cc1cc(C)c(-[n+]2[c-]n(-c3[c-]c(Oc4[c-]c5c(cc4)ccc4cccnc45)ccc3)c3ccccc32)c(C)c1.[Pt]. The Morgan fingerprint density at radius 1 is 0.750 bits per heavy atom. The van der Waals surface area contributed by atoms with Gasteiger partial charge in [-0.05, 0) is 54.6 Å². The summed E-state index contributed by atoms with van der Waals surface area (Å²) in [5.41, 5.74) is 8.71. The Morgan fingerprint density at radius 2 is 1.50 bits per heavy atom. The first-order chi connectivity index (χ1) is 19.0. The molecule has 0 saturated heterocycles. The number of pyridine rings is 1. The largest absolute Gasteiger partial charge is 0.503 e. The number of imidazole rings is 1. The molecule has 0 unspecified atom stereocenters. The van der Waals surface area contributed by atoms with E-state index in [1.54, 1.807) is 0 Å². The number of aryl methyl sites for hydroxylation is 3. The zero-order chi connectivity index (χ0) is 26.5. The van der Waals surface area contributed by atoms with E-state index in [1.165, 1.54) is 16.7 Å². The Morgan fingerprint density at radius 3 is 2.35 bits per heavy atom. The van der Waals surface area contributed by atoms with E-state index < -0.39 is 0 Å². The minimum atomic E-state index is 0. The van der Waals surface area contributed by atoms with Crippen LogP contribution in [0, 0.1) is 39.2 Å². The van der Waals surface area contributed by atoms with Crippen molar-refractivity contribution in [2.75, 3.05) is 0 Å². The summed E-state index contributed by atoms with van der Waals surface area (Å²) in [5.74, 6) is 1.23. The zero-order valence-corrected chi connectivity index (χ0v) is 24.6. The van der Waals surface area contributed by atoms with E-state index >= 15 is 0 Å². The van der Waals surface area contributed by atoms with Crippen molar-refractivity contribution in [2.45, 2.75) is 20.8 Å². The van der Waals surface area contributed by atoms with Crippen LogP contribution < -0.4 is 9.30 Å². The minimum absolute atomic E-state index is 0. The standard InChI is InChI=1S/C35H25N3O.Pt/c1-23-18-24(2)35(25(3)19-23)38-22-37(32-11-4-5-12-33(32)38)28-9-6-10-29(20-28)39-30-16-15-26-13-14-27-8-7-17-36-34(27)31(26)21-30;/h4-19H,1-3H3;/q-2;. The topological polar surface area (TPSA) is 30.9 Å². The molecule has 2 aromatic heterocycles. The molecule has 0 radical (unpaired) electrons. The van der Waals surface area contributed by atoms with Gasteiger partial charge in [0.05, 0.1) is 16.7 Å². The number of para-hydroxylation sites is 2. The fourth-order valence-corrected chi connectivity index (χ4v) is 5.49. The van der Waals surface area contributed by atoms with Crippen molar-refractivity contribution < 1.29 is 30.4 Å². The molecule has 5 heteroatoms. The second-order valence-corrected chi connectivity index (χ2v) is 9.94. The maximum atomic E-state index is 6.28. The van der Waals surface area contributed by atoms with Crippen LogP contribution in [-0.4, -0.2) is 9.55 Å². The third kappa shape index (κ3) is 4.49. The third-order valence-electron chi connectivity index (χ3n) is 7.11. The van der Waals surface area contributed by atoms with Gasteiger partial charge in [-0.3, -0.25) is 4.57 Å². The molecule has 0 spiro atoms. The second-order valence-electron chi connectivity index (χ2n) is 9.94. The third-order valence-corrected chi connectivity index (χ3v) is 7.11. The summed E-state index contributed by atoms with van der Waals surface area (Å²) < 4.78 is 10.5. The molecular formula is C35H25N3OPt-2. The predicted molar refractivity (Wildman–Crippen MR) is 155 cm³/mol. The van der Waals surface area contributed by atoms with Crippen LogP contribution in [-0.2, 0) is 21.1 Å². The number of hydrogen-bond donors (Lipinski definition) is 0. The maximum Gasteiger partial charge on any atom is 0.268 e. The summed E-state index contributed by atoms with van der Waals surface area (Å²) in [4.78, 5) is 4.58. The first kappa shape index (κ1) is 26.0. The van der Waals surface area contributed by atoms with Gasteiger partial charge in [0.1, 0.15) is 0 Å². The van der Waals surface area contributed by atoms with E-state index in [0.717, 1.165) is 44.1 Å². The molecule has 0 N–H and O–H groups in total. The summed E-state index contributed by atoms with van der Waals surface area (Å²) in [6, 6.07) is 37.7. The Labute approximate surface area is 247 Å². The second kappa shape index (κ2) is 10.4. The number of aromatic nitrogens is 3. The van der Waals surface area contributed by atoms with Crippen molar-refractivity contribution >= 4 is 32.7 Å². The molecule has 198 valence electrons. The number of rotatable bonds is 4. The Kier molecular flexibility index (Phi) is 6.73. The van der Waals surface area contributed by atoms with Crippen molar-refractivity contribution in [3.05, 3.63) is 132 Å². The van der Waals surface area contributed by atoms with Gasteiger partial charge in [-0.15, -0.1) is 35.0 Å². The molecule has 0 fully saturated rings. The summed E-state index contributed by atoms with van der Waals surface area (Å²) >= 11 is 0. The number of benzene rings is 5. The van der Waals surface area contributed by atoms with Crippen molar-refractivity contribution in [1.82, 2.24) is 9.55 Å². The van der Waals surface area contributed by atoms with E-state index in [4.69, 9.17) is 4.74 Å². The molecular weight excluding hydrogens is 673 g/mol. The Bertz CT molecular complexity index is 2020. The summed E-state index contributed by atoms with van der Waals surface area (Å²) in [7, 11) is 0. The van der Waals surface area contributed by atoms with E-state index in [0.29, 0.717) is 11.5 Å². The van der Waals surface area contributed by atoms with Crippen LogP contribution in [0.2, 0.25) is 0 Å². The predicted octanol–water partition coefficient (Wildman–Crippen LogP) is 7.72. The van der Waals surface area contributed by atoms with Gasteiger partial charge in [-0.2, -0.15) is 12.1 Å². The average molecular weight is 699 g/mol. The van der Waals surface area contributed by atoms with Crippen LogP contribution in [0.4, 0.5) is 0 Å². The van der Waals surface area contributed by atoms with Gasteiger partial charge in [0.2, 0.25) is 0 Å².